The standard InChI is InChI=1S/C25H26N4O3S/c1-15-7-4-5-8-17(15)14-33-25-27-24-26-18-9-6-10-19(30)22(18)23(29(24)28-25)16-11-12-20(31-2)21(13-16)32-3/h4-5,7-8,11-13,23H,6,9-10,14H2,1-3H3,(H,26,27,28)/t23-/m0/s1. The number of carbonyl (C=O) groups excluding carboxylic acids is 1. The summed E-state index contributed by atoms with van der Waals surface area (Å²) in [5.41, 5.74) is 5.13. The molecule has 2 heterocycles. The molecule has 5 rings (SSSR count). The molecule has 1 aromatic heterocycles. The van der Waals surface area contributed by atoms with Crippen LogP contribution >= 0.6 is 11.8 Å². The number of nitrogens with one attached hydrogen (secondary N) is 1. The first-order valence-electron chi connectivity index (χ1n) is 11.0. The molecule has 1 atom stereocenters. The molecular formula is C25H26N4O3S. The molecular weight excluding hydrogens is 436 g/mol. The van der Waals surface area contributed by atoms with E-state index in [1.165, 1.54) is 11.1 Å². The van der Waals surface area contributed by atoms with E-state index in [0.29, 0.717) is 29.0 Å². The number of methoxy groups -OCH3 is 2. The lowest BCUT2D eigenvalue weighted by Gasteiger charge is -2.32. The minimum atomic E-state index is -0.357. The zero-order chi connectivity index (χ0) is 22.9. The third-order valence-corrected chi connectivity index (χ3v) is 7.08. The lowest BCUT2D eigenvalue weighted by molar-refractivity contribution is -0.116. The van der Waals surface area contributed by atoms with E-state index < -0.39 is 0 Å². The SMILES string of the molecule is COc1ccc([C@H]2C3=C(CCCC3=O)Nc3nc(SCc4ccccc4C)nn32)cc1OC. The largest absolute Gasteiger partial charge is 0.493 e. The number of aromatic nitrogens is 3. The van der Waals surface area contributed by atoms with E-state index in [-0.39, 0.29) is 11.8 Å². The average molecular weight is 463 g/mol. The van der Waals surface area contributed by atoms with Gasteiger partial charge in [0.2, 0.25) is 11.1 Å². The van der Waals surface area contributed by atoms with Crippen LogP contribution < -0.4 is 14.8 Å². The van der Waals surface area contributed by atoms with Crippen molar-refractivity contribution < 1.29 is 14.3 Å². The van der Waals surface area contributed by atoms with Crippen molar-refractivity contribution in [1.82, 2.24) is 14.8 Å². The van der Waals surface area contributed by atoms with Crippen molar-refractivity contribution in [2.45, 2.75) is 43.1 Å². The number of anilines is 1. The summed E-state index contributed by atoms with van der Waals surface area (Å²) in [6, 6.07) is 13.7. The first kappa shape index (κ1) is 21.6. The summed E-state index contributed by atoms with van der Waals surface area (Å²) in [4.78, 5) is 17.8. The quantitative estimate of drug-likeness (QED) is 0.521. The zero-order valence-corrected chi connectivity index (χ0v) is 19.7. The number of rotatable bonds is 6. The maximum atomic E-state index is 13.0. The normalized spacial score (nSPS) is 17.3. The van der Waals surface area contributed by atoms with E-state index in [4.69, 9.17) is 19.6 Å². The van der Waals surface area contributed by atoms with Gasteiger partial charge >= 0.3 is 0 Å². The summed E-state index contributed by atoms with van der Waals surface area (Å²) in [6.45, 7) is 2.11. The molecule has 0 radical (unpaired) electrons. The predicted octanol–water partition coefficient (Wildman–Crippen LogP) is 4.92. The zero-order valence-electron chi connectivity index (χ0n) is 18.9. The van der Waals surface area contributed by atoms with Gasteiger partial charge in [-0.3, -0.25) is 4.79 Å². The molecule has 2 aromatic carbocycles. The van der Waals surface area contributed by atoms with Crippen LogP contribution in [-0.4, -0.2) is 34.8 Å². The number of nitrogens with zero attached hydrogens (tertiary/aromatic N) is 3. The Labute approximate surface area is 197 Å². The maximum Gasteiger partial charge on any atom is 0.227 e. The molecule has 33 heavy (non-hydrogen) atoms. The van der Waals surface area contributed by atoms with Gasteiger partial charge in [0.1, 0.15) is 6.04 Å². The number of aryl methyl sites for hydroxylation is 1. The van der Waals surface area contributed by atoms with Crippen LogP contribution in [0.2, 0.25) is 0 Å². The van der Waals surface area contributed by atoms with Gasteiger partial charge < -0.3 is 14.8 Å². The Kier molecular flexibility index (Phi) is 5.85. The van der Waals surface area contributed by atoms with Crippen LogP contribution in [0, 0.1) is 6.92 Å². The van der Waals surface area contributed by atoms with E-state index in [9.17, 15) is 4.79 Å². The van der Waals surface area contributed by atoms with Gasteiger partial charge in [-0.1, -0.05) is 42.1 Å². The number of hydrogen-bond donors (Lipinski definition) is 1. The molecule has 1 aliphatic heterocycles. The number of ether oxygens (including phenoxy) is 2. The van der Waals surface area contributed by atoms with Crippen molar-refractivity contribution in [2.24, 2.45) is 0 Å². The molecule has 0 bridgehead atoms. The molecule has 2 aliphatic rings. The van der Waals surface area contributed by atoms with Crippen LogP contribution in [0.5, 0.6) is 11.5 Å². The Balaban J connectivity index is 1.54. The molecule has 1 aliphatic carbocycles. The Morgan fingerprint density at radius 1 is 1.12 bits per heavy atom. The highest BCUT2D eigenvalue weighted by Crippen LogP contribution is 2.42. The van der Waals surface area contributed by atoms with Gasteiger partial charge in [-0.05, 0) is 48.6 Å². The number of benzene rings is 2. The summed E-state index contributed by atoms with van der Waals surface area (Å²) in [7, 11) is 3.22. The van der Waals surface area contributed by atoms with Crippen LogP contribution in [0.3, 0.4) is 0 Å². The molecule has 0 unspecified atom stereocenters. The average Bonchev–Trinajstić information content (AvgIpc) is 3.24. The number of Topliss-reactive ketones (excluding diaryl/α,β-unsaturated/α-hetero) is 1. The molecule has 0 fully saturated rings. The molecule has 1 N–H and O–H groups in total. The summed E-state index contributed by atoms with van der Waals surface area (Å²) >= 11 is 1.60. The van der Waals surface area contributed by atoms with Gasteiger partial charge in [-0.15, -0.1) is 5.10 Å². The van der Waals surface area contributed by atoms with E-state index in [0.717, 1.165) is 35.4 Å². The smallest absolute Gasteiger partial charge is 0.227 e. The van der Waals surface area contributed by atoms with Crippen molar-refractivity contribution >= 4 is 23.5 Å². The predicted molar refractivity (Wildman–Crippen MR) is 128 cm³/mol. The number of ketones is 1. The van der Waals surface area contributed by atoms with Gasteiger partial charge in [0, 0.05) is 23.4 Å². The molecule has 8 heteroatoms. The van der Waals surface area contributed by atoms with Crippen LogP contribution in [0.15, 0.2) is 58.9 Å². The second-order valence-electron chi connectivity index (χ2n) is 8.19. The van der Waals surface area contributed by atoms with Crippen molar-refractivity contribution in [3.8, 4) is 11.5 Å². The monoisotopic (exact) mass is 462 g/mol. The Bertz CT molecular complexity index is 1250. The van der Waals surface area contributed by atoms with Gasteiger partial charge in [0.15, 0.2) is 17.3 Å². The van der Waals surface area contributed by atoms with Gasteiger partial charge in [-0.2, -0.15) is 4.98 Å². The highest BCUT2D eigenvalue weighted by atomic mass is 32.2. The van der Waals surface area contributed by atoms with Crippen LogP contribution in [0.25, 0.3) is 0 Å². The first-order valence-corrected chi connectivity index (χ1v) is 12.0. The number of allylic oxidation sites excluding steroid dienone is 2. The topological polar surface area (TPSA) is 78.3 Å². The molecule has 0 saturated heterocycles. The van der Waals surface area contributed by atoms with E-state index >= 15 is 0 Å². The van der Waals surface area contributed by atoms with Gasteiger partial charge in [0.05, 0.1) is 14.2 Å². The highest BCUT2D eigenvalue weighted by molar-refractivity contribution is 7.98. The van der Waals surface area contributed by atoms with Gasteiger partial charge in [0.25, 0.3) is 0 Å². The molecule has 7 nitrogen and oxygen atoms in total. The van der Waals surface area contributed by atoms with Crippen LogP contribution in [0.4, 0.5) is 5.95 Å². The minimum Gasteiger partial charge on any atom is -0.493 e. The van der Waals surface area contributed by atoms with Crippen molar-refractivity contribution in [1.29, 1.82) is 0 Å². The van der Waals surface area contributed by atoms with Crippen molar-refractivity contribution in [3.05, 3.63) is 70.4 Å². The summed E-state index contributed by atoms with van der Waals surface area (Å²) < 4.78 is 12.8. The van der Waals surface area contributed by atoms with E-state index in [1.54, 1.807) is 26.0 Å². The third-order valence-electron chi connectivity index (χ3n) is 6.19. The Hall–Kier alpha value is -3.26. The highest BCUT2D eigenvalue weighted by Gasteiger charge is 2.37. The van der Waals surface area contributed by atoms with E-state index in [1.807, 2.05) is 35.0 Å². The third kappa shape index (κ3) is 3.99. The number of thioether (sulfide) groups is 1. The summed E-state index contributed by atoms with van der Waals surface area (Å²) in [5, 5.41) is 8.89. The van der Waals surface area contributed by atoms with Crippen LogP contribution in [-0.2, 0) is 10.5 Å². The second-order valence-corrected chi connectivity index (χ2v) is 9.13. The summed E-state index contributed by atoms with van der Waals surface area (Å²) in [5.74, 6) is 2.86. The van der Waals surface area contributed by atoms with Crippen molar-refractivity contribution in [2.75, 3.05) is 19.5 Å². The molecule has 0 saturated carbocycles. The number of hydrogen-bond acceptors (Lipinski definition) is 7. The molecule has 3 aromatic rings. The van der Waals surface area contributed by atoms with Gasteiger partial charge in [-0.25, -0.2) is 4.68 Å². The first-order chi connectivity index (χ1) is 16.1. The number of fused-ring (bicyclic) bond motifs is 1. The van der Waals surface area contributed by atoms with E-state index in [2.05, 4.69) is 24.4 Å². The Morgan fingerprint density at radius 3 is 2.73 bits per heavy atom. The second kappa shape index (κ2) is 8.94. The minimum absolute atomic E-state index is 0.152. The fourth-order valence-corrected chi connectivity index (χ4v) is 5.35. The molecule has 0 amide bonds. The molecule has 0 spiro atoms. The fourth-order valence-electron chi connectivity index (χ4n) is 4.44. The van der Waals surface area contributed by atoms with Crippen LogP contribution in [0.1, 0.15) is 42.0 Å². The fraction of sp³-hybridized carbons (Fsp3) is 0.320. The molecule has 170 valence electrons. The lowest BCUT2D eigenvalue weighted by atomic mass is 9.85. The maximum absolute atomic E-state index is 13.0. The summed E-state index contributed by atoms with van der Waals surface area (Å²) in [6.07, 6.45) is 2.21. The Morgan fingerprint density at radius 2 is 1.94 bits per heavy atom. The number of carbonyl (C=O) groups is 1. The lowest BCUT2D eigenvalue weighted by Crippen LogP contribution is -2.31. The van der Waals surface area contributed by atoms with Crippen molar-refractivity contribution in [3.63, 3.8) is 0 Å².